The van der Waals surface area contributed by atoms with Gasteiger partial charge < -0.3 is 5.43 Å². The summed E-state index contributed by atoms with van der Waals surface area (Å²) in [6, 6.07) is 4.49. The van der Waals surface area contributed by atoms with E-state index in [0.717, 1.165) is 0 Å². The molecule has 1 heterocycles. The fourth-order valence-electron chi connectivity index (χ4n) is 1.46. The third-order valence-electron chi connectivity index (χ3n) is 2.16. The summed E-state index contributed by atoms with van der Waals surface area (Å²) in [6.07, 6.45) is 1.42. The largest absolute Gasteiger partial charge is 0.303 e. The van der Waals surface area contributed by atoms with Gasteiger partial charge in [-0.15, -0.1) is 0 Å². The van der Waals surface area contributed by atoms with Gasteiger partial charge in [0.1, 0.15) is 6.33 Å². The minimum absolute atomic E-state index is 0.0223. The maximum atomic E-state index is 10.7. The van der Waals surface area contributed by atoms with E-state index in [1.165, 1.54) is 18.5 Å². The van der Waals surface area contributed by atoms with E-state index < -0.39 is 4.92 Å². The molecular formula is C10H11N5O2. The van der Waals surface area contributed by atoms with Crippen LogP contribution in [0.1, 0.15) is 0 Å². The minimum atomic E-state index is -0.439. The van der Waals surface area contributed by atoms with Crippen molar-refractivity contribution in [3.05, 3.63) is 34.6 Å². The molecule has 88 valence electrons. The number of benzene rings is 1. The highest BCUT2D eigenvalue weighted by atomic mass is 16.6. The summed E-state index contributed by atoms with van der Waals surface area (Å²) in [5.41, 5.74) is 3.66. The van der Waals surface area contributed by atoms with Crippen LogP contribution in [-0.4, -0.2) is 34.0 Å². The number of non-ortho nitro benzene ring substituents is 1. The number of nitrogens with one attached hydrogen (secondary N) is 1. The predicted molar refractivity (Wildman–Crippen MR) is 63.5 cm³/mol. The lowest BCUT2D eigenvalue weighted by atomic mass is 10.2. The molecule has 0 radical (unpaired) electrons. The van der Waals surface area contributed by atoms with Gasteiger partial charge in [-0.1, -0.05) is 0 Å². The predicted octanol–water partition coefficient (Wildman–Crippen LogP) is 1.43. The van der Waals surface area contributed by atoms with Crippen LogP contribution < -0.4 is 5.43 Å². The van der Waals surface area contributed by atoms with Gasteiger partial charge in [-0.05, 0) is 6.07 Å². The summed E-state index contributed by atoms with van der Waals surface area (Å²) in [5, 5.41) is 13.0. The molecule has 0 aliphatic carbocycles. The molecule has 0 aliphatic rings. The highest BCUT2D eigenvalue weighted by Gasteiger charge is 2.10. The van der Waals surface area contributed by atoms with E-state index in [1.807, 2.05) is 14.1 Å². The summed E-state index contributed by atoms with van der Waals surface area (Å²) in [5.74, 6) is 0.545. The molecule has 7 nitrogen and oxygen atoms in total. The van der Waals surface area contributed by atoms with Crippen LogP contribution in [0.2, 0.25) is 0 Å². The number of nitro benzene ring substituents is 1. The van der Waals surface area contributed by atoms with Gasteiger partial charge in [-0.25, -0.2) is 15.0 Å². The van der Waals surface area contributed by atoms with Crippen molar-refractivity contribution < 1.29 is 4.92 Å². The smallest absolute Gasteiger partial charge is 0.270 e. The molecule has 1 N–H and O–H groups in total. The van der Waals surface area contributed by atoms with Crippen LogP contribution >= 0.6 is 0 Å². The zero-order chi connectivity index (χ0) is 12.4. The van der Waals surface area contributed by atoms with Crippen LogP contribution in [0.4, 0.5) is 11.5 Å². The Labute approximate surface area is 97.2 Å². The second-order valence-corrected chi connectivity index (χ2v) is 3.69. The highest BCUT2D eigenvalue weighted by molar-refractivity contribution is 5.90. The molecule has 0 saturated carbocycles. The number of hydrazine groups is 1. The molecule has 0 atom stereocenters. The number of hydrogen-bond acceptors (Lipinski definition) is 6. The lowest BCUT2D eigenvalue weighted by Gasteiger charge is -2.13. The van der Waals surface area contributed by atoms with Gasteiger partial charge in [0.15, 0.2) is 5.82 Å². The van der Waals surface area contributed by atoms with Gasteiger partial charge in [0.2, 0.25) is 0 Å². The maximum Gasteiger partial charge on any atom is 0.270 e. The Kier molecular flexibility index (Phi) is 2.84. The van der Waals surface area contributed by atoms with Crippen molar-refractivity contribution in [3.8, 4) is 0 Å². The normalized spacial score (nSPS) is 10.8. The van der Waals surface area contributed by atoms with Crippen molar-refractivity contribution in [2.24, 2.45) is 0 Å². The summed E-state index contributed by atoms with van der Waals surface area (Å²) in [7, 11) is 3.62. The van der Waals surface area contributed by atoms with Crippen molar-refractivity contribution in [2.45, 2.75) is 0 Å². The molecule has 1 aromatic heterocycles. The van der Waals surface area contributed by atoms with Gasteiger partial charge in [-0.3, -0.25) is 10.1 Å². The van der Waals surface area contributed by atoms with E-state index in [1.54, 1.807) is 11.1 Å². The van der Waals surface area contributed by atoms with E-state index in [4.69, 9.17) is 0 Å². The van der Waals surface area contributed by atoms with Crippen LogP contribution in [0.25, 0.3) is 10.9 Å². The van der Waals surface area contributed by atoms with Gasteiger partial charge in [0.25, 0.3) is 5.69 Å². The molecule has 1 aromatic carbocycles. The molecule has 17 heavy (non-hydrogen) atoms. The highest BCUT2D eigenvalue weighted by Crippen LogP contribution is 2.24. The van der Waals surface area contributed by atoms with Crippen LogP contribution in [0.15, 0.2) is 24.5 Å². The van der Waals surface area contributed by atoms with Crippen LogP contribution in [0, 0.1) is 10.1 Å². The molecule has 0 saturated heterocycles. The first kappa shape index (κ1) is 11.2. The van der Waals surface area contributed by atoms with Crippen molar-refractivity contribution >= 4 is 22.4 Å². The van der Waals surface area contributed by atoms with Crippen molar-refractivity contribution in [2.75, 3.05) is 19.5 Å². The molecule has 0 bridgehead atoms. The Balaban J connectivity index is 2.59. The van der Waals surface area contributed by atoms with Gasteiger partial charge >= 0.3 is 0 Å². The molecule has 2 rings (SSSR count). The molecule has 0 spiro atoms. The van der Waals surface area contributed by atoms with Gasteiger partial charge in [-0.2, -0.15) is 0 Å². The third kappa shape index (κ3) is 2.28. The topological polar surface area (TPSA) is 84.2 Å². The van der Waals surface area contributed by atoms with Crippen LogP contribution in [-0.2, 0) is 0 Å². The molecule has 0 fully saturated rings. The van der Waals surface area contributed by atoms with Gasteiger partial charge in [0, 0.05) is 26.2 Å². The lowest BCUT2D eigenvalue weighted by molar-refractivity contribution is -0.384. The number of aromatic nitrogens is 2. The average Bonchev–Trinajstić information content (AvgIpc) is 2.28. The van der Waals surface area contributed by atoms with Crippen LogP contribution in [0.3, 0.4) is 0 Å². The summed E-state index contributed by atoms with van der Waals surface area (Å²) < 4.78 is 0. The Morgan fingerprint density at radius 2 is 2.12 bits per heavy atom. The standard InChI is InChI=1S/C10H11N5O2/c1-14(2)13-10-8-5-7(15(16)17)3-4-9(8)11-6-12-10/h3-6H,1-2H3,(H,11,12,13). The van der Waals surface area contributed by atoms with Crippen molar-refractivity contribution in [1.29, 1.82) is 0 Å². The quantitative estimate of drug-likeness (QED) is 0.637. The van der Waals surface area contributed by atoms with Gasteiger partial charge in [0.05, 0.1) is 15.8 Å². The molecular weight excluding hydrogens is 222 g/mol. The lowest BCUT2D eigenvalue weighted by Crippen LogP contribution is -2.20. The zero-order valence-corrected chi connectivity index (χ0v) is 9.41. The average molecular weight is 233 g/mol. The molecule has 0 aliphatic heterocycles. The number of rotatable bonds is 3. The van der Waals surface area contributed by atoms with E-state index in [9.17, 15) is 10.1 Å². The molecule has 0 unspecified atom stereocenters. The summed E-state index contributed by atoms with van der Waals surface area (Å²) in [4.78, 5) is 18.4. The Morgan fingerprint density at radius 3 is 2.76 bits per heavy atom. The van der Waals surface area contributed by atoms with E-state index in [2.05, 4.69) is 15.4 Å². The molecule has 0 amide bonds. The Hall–Kier alpha value is -2.28. The SMILES string of the molecule is CN(C)Nc1ncnc2ccc([N+](=O)[O-])cc12. The number of hydrogen-bond donors (Lipinski definition) is 1. The number of anilines is 1. The Bertz CT molecular complexity index is 570. The molecule has 7 heteroatoms. The Morgan fingerprint density at radius 1 is 1.35 bits per heavy atom. The second kappa shape index (κ2) is 4.30. The van der Waals surface area contributed by atoms with E-state index >= 15 is 0 Å². The molecule has 2 aromatic rings. The van der Waals surface area contributed by atoms with E-state index in [0.29, 0.717) is 16.7 Å². The fourth-order valence-corrected chi connectivity index (χ4v) is 1.46. The first-order valence-electron chi connectivity index (χ1n) is 4.91. The minimum Gasteiger partial charge on any atom is -0.303 e. The summed E-state index contributed by atoms with van der Waals surface area (Å²) >= 11 is 0. The van der Waals surface area contributed by atoms with E-state index in [-0.39, 0.29) is 5.69 Å². The van der Waals surface area contributed by atoms with Crippen molar-refractivity contribution in [1.82, 2.24) is 15.0 Å². The number of nitro groups is 1. The summed E-state index contributed by atoms with van der Waals surface area (Å²) in [6.45, 7) is 0. The number of nitrogens with zero attached hydrogens (tertiary/aromatic N) is 4. The third-order valence-corrected chi connectivity index (χ3v) is 2.16. The first-order valence-corrected chi connectivity index (χ1v) is 4.91. The maximum absolute atomic E-state index is 10.7. The second-order valence-electron chi connectivity index (χ2n) is 3.69. The zero-order valence-electron chi connectivity index (χ0n) is 9.41. The van der Waals surface area contributed by atoms with Crippen LogP contribution in [0.5, 0.6) is 0 Å². The first-order chi connectivity index (χ1) is 8.08. The fraction of sp³-hybridized carbons (Fsp3) is 0.200. The number of fused-ring (bicyclic) bond motifs is 1. The monoisotopic (exact) mass is 233 g/mol. The van der Waals surface area contributed by atoms with Crippen molar-refractivity contribution in [3.63, 3.8) is 0 Å².